The number of hydrogen-bond acceptors (Lipinski definition) is 2. The Bertz CT molecular complexity index is 859. The van der Waals surface area contributed by atoms with Gasteiger partial charge in [-0.3, -0.25) is 0 Å². The third-order valence-corrected chi connectivity index (χ3v) is 5.26. The van der Waals surface area contributed by atoms with Crippen LogP contribution >= 0.6 is 12.4 Å². The predicted octanol–water partition coefficient (Wildman–Crippen LogP) is 5.64. The van der Waals surface area contributed by atoms with E-state index < -0.39 is 0 Å². The molecule has 4 rings (SSSR count). The van der Waals surface area contributed by atoms with Crippen LogP contribution in [-0.4, -0.2) is 13.1 Å². The first-order valence-electron chi connectivity index (χ1n) is 9.51. The molecule has 2 N–H and O–H groups in total. The Balaban J connectivity index is 0.00000210. The highest BCUT2D eigenvalue weighted by Gasteiger charge is 2.14. The van der Waals surface area contributed by atoms with Gasteiger partial charge in [-0.05, 0) is 58.8 Å². The molecule has 3 aromatic carbocycles. The van der Waals surface area contributed by atoms with Gasteiger partial charge in [-0.25, -0.2) is 0 Å². The third kappa shape index (κ3) is 4.71. The number of hydrogen-bond donors (Lipinski definition) is 2. The molecule has 1 aliphatic heterocycles. The van der Waals surface area contributed by atoms with Crippen molar-refractivity contribution in [1.29, 1.82) is 0 Å². The molecule has 0 radical (unpaired) electrons. The SMILES string of the molecule is C[C@@H]1CNCCc2ccc(NCc3ccc(-c4ccccc4)cc3)cc21.Cl. The van der Waals surface area contributed by atoms with Crippen LogP contribution in [0.15, 0.2) is 72.8 Å². The van der Waals surface area contributed by atoms with E-state index in [2.05, 4.69) is 90.4 Å². The first-order valence-corrected chi connectivity index (χ1v) is 9.51. The minimum absolute atomic E-state index is 0. The van der Waals surface area contributed by atoms with E-state index >= 15 is 0 Å². The average Bonchev–Trinajstić information content (AvgIpc) is 2.89. The van der Waals surface area contributed by atoms with Crippen molar-refractivity contribution in [2.24, 2.45) is 0 Å². The van der Waals surface area contributed by atoms with Gasteiger partial charge in [0.25, 0.3) is 0 Å². The Hall–Kier alpha value is -2.29. The van der Waals surface area contributed by atoms with Crippen LogP contribution in [0.5, 0.6) is 0 Å². The minimum atomic E-state index is 0. The van der Waals surface area contributed by atoms with E-state index in [0.717, 1.165) is 26.1 Å². The molecule has 1 atom stereocenters. The summed E-state index contributed by atoms with van der Waals surface area (Å²) in [5.41, 5.74) is 8.01. The molecule has 0 aliphatic carbocycles. The molecule has 0 aromatic heterocycles. The molecule has 3 heteroatoms. The smallest absolute Gasteiger partial charge is 0.0400 e. The molecule has 0 unspecified atom stereocenters. The van der Waals surface area contributed by atoms with Crippen LogP contribution in [-0.2, 0) is 13.0 Å². The van der Waals surface area contributed by atoms with E-state index in [-0.39, 0.29) is 12.4 Å². The normalized spacial score (nSPS) is 16.0. The molecule has 0 amide bonds. The molecule has 0 bridgehead atoms. The standard InChI is InChI=1S/C24H26N2.ClH/c1-18-16-25-14-13-22-11-12-23(15-24(18)22)26-17-19-7-9-21(10-8-19)20-5-3-2-4-6-20;/h2-12,15,18,25-26H,13-14,16-17H2,1H3;1H/t18-;/m1./s1. The lowest BCUT2D eigenvalue weighted by molar-refractivity contribution is 0.644. The first kappa shape index (κ1) is 19.5. The number of fused-ring (bicyclic) bond motifs is 1. The maximum atomic E-state index is 3.59. The molecule has 1 heterocycles. The summed E-state index contributed by atoms with van der Waals surface area (Å²) in [5.74, 6) is 0.569. The van der Waals surface area contributed by atoms with Gasteiger partial charge in [0.2, 0.25) is 0 Å². The zero-order chi connectivity index (χ0) is 17.8. The second-order valence-electron chi connectivity index (χ2n) is 7.19. The zero-order valence-corrected chi connectivity index (χ0v) is 16.6. The van der Waals surface area contributed by atoms with Gasteiger partial charge in [0, 0.05) is 18.8 Å². The van der Waals surface area contributed by atoms with Crippen LogP contribution in [0.3, 0.4) is 0 Å². The second-order valence-corrected chi connectivity index (χ2v) is 7.19. The van der Waals surface area contributed by atoms with Gasteiger partial charge in [-0.1, -0.05) is 67.6 Å². The molecule has 27 heavy (non-hydrogen) atoms. The van der Waals surface area contributed by atoms with Crippen molar-refractivity contribution in [3.63, 3.8) is 0 Å². The summed E-state index contributed by atoms with van der Waals surface area (Å²) in [7, 11) is 0. The summed E-state index contributed by atoms with van der Waals surface area (Å²) in [5, 5.41) is 7.11. The summed E-state index contributed by atoms with van der Waals surface area (Å²) in [6.45, 7) is 5.30. The molecule has 3 aromatic rings. The Morgan fingerprint density at radius 2 is 1.67 bits per heavy atom. The number of anilines is 1. The average molecular weight is 379 g/mol. The van der Waals surface area contributed by atoms with E-state index in [1.54, 1.807) is 0 Å². The number of nitrogens with one attached hydrogen (secondary N) is 2. The predicted molar refractivity (Wildman–Crippen MR) is 118 cm³/mol. The molecule has 0 fully saturated rings. The molecule has 0 spiro atoms. The number of halogens is 1. The monoisotopic (exact) mass is 378 g/mol. The van der Waals surface area contributed by atoms with Crippen LogP contribution < -0.4 is 10.6 Å². The summed E-state index contributed by atoms with van der Waals surface area (Å²) < 4.78 is 0. The van der Waals surface area contributed by atoms with Crippen molar-refractivity contribution in [1.82, 2.24) is 5.32 Å². The number of benzene rings is 3. The molecular formula is C24H27ClN2. The van der Waals surface area contributed by atoms with Gasteiger partial charge >= 0.3 is 0 Å². The Morgan fingerprint density at radius 1 is 0.926 bits per heavy atom. The van der Waals surface area contributed by atoms with Gasteiger partial charge in [0.1, 0.15) is 0 Å². The largest absolute Gasteiger partial charge is 0.381 e. The topological polar surface area (TPSA) is 24.1 Å². The van der Waals surface area contributed by atoms with Crippen LogP contribution in [0.4, 0.5) is 5.69 Å². The fourth-order valence-electron chi connectivity index (χ4n) is 3.69. The molecular weight excluding hydrogens is 352 g/mol. The van der Waals surface area contributed by atoms with E-state index in [4.69, 9.17) is 0 Å². The van der Waals surface area contributed by atoms with E-state index in [1.165, 1.54) is 33.5 Å². The zero-order valence-electron chi connectivity index (χ0n) is 15.7. The van der Waals surface area contributed by atoms with Gasteiger partial charge in [-0.15, -0.1) is 12.4 Å². The fourth-order valence-corrected chi connectivity index (χ4v) is 3.69. The van der Waals surface area contributed by atoms with Crippen LogP contribution in [0.1, 0.15) is 29.5 Å². The number of rotatable bonds is 4. The van der Waals surface area contributed by atoms with Crippen LogP contribution in [0, 0.1) is 0 Å². The fraction of sp³-hybridized carbons (Fsp3) is 0.250. The van der Waals surface area contributed by atoms with Crippen LogP contribution in [0.2, 0.25) is 0 Å². The van der Waals surface area contributed by atoms with E-state index in [1.807, 2.05) is 0 Å². The van der Waals surface area contributed by atoms with Crippen molar-refractivity contribution in [2.75, 3.05) is 18.4 Å². The highest BCUT2D eigenvalue weighted by atomic mass is 35.5. The van der Waals surface area contributed by atoms with Crippen molar-refractivity contribution in [2.45, 2.75) is 25.8 Å². The Morgan fingerprint density at radius 3 is 2.44 bits per heavy atom. The maximum Gasteiger partial charge on any atom is 0.0400 e. The highest BCUT2D eigenvalue weighted by molar-refractivity contribution is 5.85. The van der Waals surface area contributed by atoms with Gasteiger partial charge in [0.05, 0.1) is 0 Å². The molecule has 0 saturated heterocycles. The second kappa shape index (κ2) is 9.07. The molecule has 2 nitrogen and oxygen atoms in total. The first-order chi connectivity index (χ1) is 12.8. The molecule has 1 aliphatic rings. The lowest BCUT2D eigenvalue weighted by Gasteiger charge is -2.15. The maximum absolute atomic E-state index is 3.59. The quantitative estimate of drug-likeness (QED) is 0.614. The van der Waals surface area contributed by atoms with Crippen molar-refractivity contribution < 1.29 is 0 Å². The van der Waals surface area contributed by atoms with Crippen molar-refractivity contribution in [3.8, 4) is 11.1 Å². The third-order valence-electron chi connectivity index (χ3n) is 5.26. The summed E-state index contributed by atoms with van der Waals surface area (Å²) in [6.07, 6.45) is 1.13. The minimum Gasteiger partial charge on any atom is -0.381 e. The van der Waals surface area contributed by atoms with Gasteiger partial charge in [0.15, 0.2) is 0 Å². The molecule has 140 valence electrons. The summed E-state index contributed by atoms with van der Waals surface area (Å²) in [4.78, 5) is 0. The Labute approximate surface area is 168 Å². The molecule has 0 saturated carbocycles. The lowest BCUT2D eigenvalue weighted by Crippen LogP contribution is -2.18. The van der Waals surface area contributed by atoms with Crippen molar-refractivity contribution >= 4 is 18.1 Å². The highest BCUT2D eigenvalue weighted by Crippen LogP contribution is 2.26. The Kier molecular flexibility index (Phi) is 6.54. The summed E-state index contributed by atoms with van der Waals surface area (Å²) in [6, 6.07) is 26.2. The summed E-state index contributed by atoms with van der Waals surface area (Å²) >= 11 is 0. The van der Waals surface area contributed by atoms with Gasteiger partial charge < -0.3 is 10.6 Å². The van der Waals surface area contributed by atoms with E-state index in [9.17, 15) is 0 Å². The van der Waals surface area contributed by atoms with Crippen molar-refractivity contribution in [3.05, 3.63) is 89.5 Å². The van der Waals surface area contributed by atoms with Crippen LogP contribution in [0.25, 0.3) is 11.1 Å². The van der Waals surface area contributed by atoms with Gasteiger partial charge in [-0.2, -0.15) is 0 Å². The van der Waals surface area contributed by atoms with E-state index in [0.29, 0.717) is 5.92 Å². The lowest BCUT2D eigenvalue weighted by atomic mass is 9.95.